The summed E-state index contributed by atoms with van der Waals surface area (Å²) in [6.07, 6.45) is 0. The minimum absolute atomic E-state index is 0.486. The van der Waals surface area contributed by atoms with Gasteiger partial charge in [0.1, 0.15) is 5.01 Å². The van der Waals surface area contributed by atoms with E-state index < -0.39 is 0 Å². The number of thiazole rings is 1. The number of benzene rings is 1. The fourth-order valence-corrected chi connectivity index (χ4v) is 2.84. The Morgan fingerprint density at radius 3 is 2.87 bits per heavy atom. The molecule has 0 spiro atoms. The van der Waals surface area contributed by atoms with Crippen molar-refractivity contribution in [3.8, 4) is 11.3 Å². The van der Waals surface area contributed by atoms with Gasteiger partial charge in [0.2, 0.25) is 0 Å². The highest BCUT2D eigenvalue weighted by atomic mass is 79.9. The predicted octanol–water partition coefficient (Wildman–Crippen LogP) is 4.62. The number of hydrogen-bond donors (Lipinski definition) is 0. The molecule has 0 N–H and O–H groups in total. The second-order valence-electron chi connectivity index (χ2n) is 3.16. The van der Waals surface area contributed by atoms with Crippen LogP contribution in [0.3, 0.4) is 0 Å². The van der Waals surface area contributed by atoms with Gasteiger partial charge in [0.15, 0.2) is 0 Å². The SMILES string of the molecule is Cc1sc(CCl)nc1-c1cccc(Br)c1. The molecule has 0 aliphatic heterocycles. The lowest BCUT2D eigenvalue weighted by atomic mass is 10.1. The van der Waals surface area contributed by atoms with Crippen molar-refractivity contribution in [3.63, 3.8) is 0 Å². The average molecular weight is 303 g/mol. The highest BCUT2D eigenvalue weighted by Crippen LogP contribution is 2.29. The van der Waals surface area contributed by atoms with Crippen LogP contribution in [0.5, 0.6) is 0 Å². The zero-order valence-corrected chi connectivity index (χ0v) is 11.3. The van der Waals surface area contributed by atoms with E-state index in [1.54, 1.807) is 11.3 Å². The van der Waals surface area contributed by atoms with Gasteiger partial charge in [0, 0.05) is 14.9 Å². The number of nitrogens with zero attached hydrogens (tertiary/aromatic N) is 1. The van der Waals surface area contributed by atoms with Crippen LogP contribution in [0.25, 0.3) is 11.3 Å². The van der Waals surface area contributed by atoms with Crippen molar-refractivity contribution in [2.45, 2.75) is 12.8 Å². The van der Waals surface area contributed by atoms with Crippen LogP contribution in [0.1, 0.15) is 9.88 Å². The van der Waals surface area contributed by atoms with Crippen LogP contribution in [0.2, 0.25) is 0 Å². The summed E-state index contributed by atoms with van der Waals surface area (Å²) in [5, 5.41) is 0.976. The Bertz CT molecular complexity index is 481. The van der Waals surface area contributed by atoms with Crippen LogP contribution >= 0.6 is 38.9 Å². The number of aromatic nitrogens is 1. The molecule has 15 heavy (non-hydrogen) atoms. The highest BCUT2D eigenvalue weighted by Gasteiger charge is 2.08. The molecule has 1 nitrogen and oxygen atoms in total. The molecule has 4 heteroatoms. The van der Waals surface area contributed by atoms with Crippen LogP contribution in [-0.2, 0) is 5.88 Å². The molecule has 0 aliphatic carbocycles. The summed E-state index contributed by atoms with van der Waals surface area (Å²) in [4.78, 5) is 5.72. The largest absolute Gasteiger partial charge is 0.240 e. The lowest BCUT2D eigenvalue weighted by molar-refractivity contribution is 1.25. The van der Waals surface area contributed by atoms with Crippen molar-refractivity contribution >= 4 is 38.9 Å². The van der Waals surface area contributed by atoms with E-state index in [0.717, 1.165) is 20.7 Å². The molecule has 0 aliphatic rings. The lowest BCUT2D eigenvalue weighted by Crippen LogP contribution is -1.81. The van der Waals surface area contributed by atoms with Crippen LogP contribution in [0.4, 0.5) is 0 Å². The molecule has 1 aromatic heterocycles. The zero-order chi connectivity index (χ0) is 10.8. The molecule has 0 fully saturated rings. The Kier molecular flexibility index (Phi) is 3.44. The third kappa shape index (κ3) is 2.41. The molecule has 0 bridgehead atoms. The van der Waals surface area contributed by atoms with Gasteiger partial charge in [-0.05, 0) is 19.1 Å². The molecule has 0 atom stereocenters. The molecule has 0 saturated heterocycles. The number of aryl methyl sites for hydroxylation is 1. The summed E-state index contributed by atoms with van der Waals surface area (Å²) in [5.41, 5.74) is 2.17. The van der Waals surface area contributed by atoms with Crippen molar-refractivity contribution in [2.75, 3.05) is 0 Å². The molecule has 0 radical (unpaired) electrons. The van der Waals surface area contributed by atoms with E-state index in [2.05, 4.69) is 40.0 Å². The summed E-state index contributed by atoms with van der Waals surface area (Å²) in [6, 6.07) is 8.15. The van der Waals surface area contributed by atoms with Gasteiger partial charge in [-0.3, -0.25) is 0 Å². The van der Waals surface area contributed by atoms with Crippen molar-refractivity contribution < 1.29 is 0 Å². The van der Waals surface area contributed by atoms with E-state index in [0.29, 0.717) is 5.88 Å². The first-order chi connectivity index (χ1) is 7.20. The molecular formula is C11H9BrClNS. The fraction of sp³-hybridized carbons (Fsp3) is 0.182. The highest BCUT2D eigenvalue weighted by molar-refractivity contribution is 9.10. The fourth-order valence-electron chi connectivity index (χ4n) is 1.41. The predicted molar refractivity (Wildman–Crippen MR) is 69.5 cm³/mol. The van der Waals surface area contributed by atoms with E-state index in [-0.39, 0.29) is 0 Å². The number of rotatable bonds is 2. The summed E-state index contributed by atoms with van der Waals surface area (Å²) < 4.78 is 1.07. The first-order valence-corrected chi connectivity index (χ1v) is 6.63. The Hall–Kier alpha value is -0.380. The van der Waals surface area contributed by atoms with Crippen LogP contribution < -0.4 is 0 Å². The van der Waals surface area contributed by atoms with Crippen molar-refractivity contribution in [1.82, 2.24) is 4.98 Å². The third-order valence-electron chi connectivity index (χ3n) is 2.05. The van der Waals surface area contributed by atoms with Gasteiger partial charge >= 0.3 is 0 Å². The molecule has 0 saturated carbocycles. The van der Waals surface area contributed by atoms with Gasteiger partial charge in [-0.1, -0.05) is 28.1 Å². The molecule has 1 aromatic carbocycles. The number of hydrogen-bond acceptors (Lipinski definition) is 2. The Labute approximate surface area is 106 Å². The maximum Gasteiger partial charge on any atom is 0.108 e. The first-order valence-electron chi connectivity index (χ1n) is 4.49. The first kappa shape index (κ1) is 11.1. The van der Waals surface area contributed by atoms with Gasteiger partial charge in [0.25, 0.3) is 0 Å². The van der Waals surface area contributed by atoms with E-state index >= 15 is 0 Å². The maximum absolute atomic E-state index is 5.77. The molecule has 0 unspecified atom stereocenters. The quantitative estimate of drug-likeness (QED) is 0.738. The summed E-state index contributed by atoms with van der Waals surface area (Å²) in [7, 11) is 0. The Morgan fingerprint density at radius 1 is 1.47 bits per heavy atom. The van der Waals surface area contributed by atoms with Gasteiger partial charge < -0.3 is 0 Å². The van der Waals surface area contributed by atoms with Gasteiger partial charge in [0.05, 0.1) is 11.6 Å². The monoisotopic (exact) mass is 301 g/mol. The zero-order valence-electron chi connectivity index (χ0n) is 8.13. The minimum Gasteiger partial charge on any atom is -0.240 e. The normalized spacial score (nSPS) is 10.6. The average Bonchev–Trinajstić information content (AvgIpc) is 2.60. The summed E-state index contributed by atoms with van der Waals surface area (Å²) in [5.74, 6) is 0.486. The van der Waals surface area contributed by atoms with Gasteiger partial charge in [-0.2, -0.15) is 0 Å². The maximum atomic E-state index is 5.77. The molecular weight excluding hydrogens is 294 g/mol. The van der Waals surface area contributed by atoms with Gasteiger partial charge in [-0.15, -0.1) is 22.9 Å². The third-order valence-corrected chi connectivity index (χ3v) is 3.93. The smallest absolute Gasteiger partial charge is 0.108 e. The summed E-state index contributed by atoms with van der Waals surface area (Å²) in [6.45, 7) is 2.07. The minimum atomic E-state index is 0.486. The van der Waals surface area contributed by atoms with Crippen molar-refractivity contribution in [3.05, 3.63) is 38.6 Å². The topological polar surface area (TPSA) is 12.9 Å². The molecule has 78 valence electrons. The number of alkyl halides is 1. The van der Waals surface area contributed by atoms with Crippen molar-refractivity contribution in [2.24, 2.45) is 0 Å². The summed E-state index contributed by atoms with van der Waals surface area (Å²) >= 11 is 10.9. The van der Waals surface area contributed by atoms with E-state index in [1.165, 1.54) is 4.88 Å². The Balaban J connectivity index is 2.48. The van der Waals surface area contributed by atoms with Crippen LogP contribution in [0, 0.1) is 6.92 Å². The van der Waals surface area contributed by atoms with E-state index in [1.807, 2.05) is 12.1 Å². The molecule has 2 aromatic rings. The molecule has 2 rings (SSSR count). The van der Waals surface area contributed by atoms with Gasteiger partial charge in [-0.25, -0.2) is 4.98 Å². The van der Waals surface area contributed by atoms with E-state index in [9.17, 15) is 0 Å². The second-order valence-corrected chi connectivity index (χ2v) is 5.63. The van der Waals surface area contributed by atoms with E-state index in [4.69, 9.17) is 11.6 Å². The molecule has 1 heterocycles. The second kappa shape index (κ2) is 4.64. The lowest BCUT2D eigenvalue weighted by Gasteiger charge is -1.98. The standard InChI is InChI=1S/C11H9BrClNS/c1-7-11(14-10(6-13)15-7)8-3-2-4-9(12)5-8/h2-5H,6H2,1H3. The number of halogens is 2. The molecule has 0 amide bonds. The Morgan fingerprint density at radius 2 is 2.27 bits per heavy atom. The van der Waals surface area contributed by atoms with Crippen molar-refractivity contribution in [1.29, 1.82) is 0 Å². The van der Waals surface area contributed by atoms with Crippen LogP contribution in [-0.4, -0.2) is 4.98 Å². The van der Waals surface area contributed by atoms with Crippen LogP contribution in [0.15, 0.2) is 28.7 Å².